The standard InChI is InChI=1S/C61H49FN2O2/c1-40(63(58-33-26-44(37-57(58)62)42-16-8-5-9-17-42)48-28-32-54-53-22-14-15-23-55(53)61(3,4)56(54)38-48)34-59-41(2)43-24-29-51-36-45(25-30-50(35-43)65-59)52-31-27-49(39-60(52)66-51)64(46-18-10-6-11-19-46)47-20-12-7-13-21-47/h5-34,37-38,60H,1-2,35-36,39H2,3-4H3/b43-24+,45-25+,50-30+,51-29+,59-34+. The summed E-state index contributed by atoms with van der Waals surface area (Å²) in [5.41, 5.74) is 15.5. The van der Waals surface area contributed by atoms with Crippen LogP contribution in [0.15, 0.2) is 258 Å². The molecule has 6 aromatic rings. The molecule has 0 amide bonds. The maximum absolute atomic E-state index is 16.7. The third-order valence-electron chi connectivity index (χ3n) is 13.5. The van der Waals surface area contributed by atoms with Crippen LogP contribution < -0.4 is 9.80 Å². The molecular weight excluding hydrogens is 812 g/mol. The number of allylic oxidation sites excluding steroid dienone is 10. The summed E-state index contributed by atoms with van der Waals surface area (Å²) in [6.07, 6.45) is 16.6. The Morgan fingerprint density at radius 2 is 1.29 bits per heavy atom. The van der Waals surface area contributed by atoms with Gasteiger partial charge in [-0.2, -0.15) is 0 Å². The molecule has 6 aromatic carbocycles. The van der Waals surface area contributed by atoms with Crippen molar-refractivity contribution in [3.63, 3.8) is 0 Å². The summed E-state index contributed by atoms with van der Waals surface area (Å²) in [6.45, 7) is 13.7. The first-order valence-electron chi connectivity index (χ1n) is 22.6. The molecule has 0 radical (unpaired) electrons. The molecule has 5 aliphatic rings. The molecule has 2 heterocycles. The molecule has 322 valence electrons. The highest BCUT2D eigenvalue weighted by Crippen LogP contribution is 2.51. The number of para-hydroxylation sites is 2. The Kier molecular flexibility index (Phi) is 10.3. The van der Waals surface area contributed by atoms with Crippen LogP contribution in [0, 0.1) is 5.82 Å². The zero-order valence-corrected chi connectivity index (χ0v) is 37.2. The van der Waals surface area contributed by atoms with Crippen LogP contribution in [0.4, 0.5) is 27.1 Å². The zero-order valence-electron chi connectivity index (χ0n) is 37.2. The highest BCUT2D eigenvalue weighted by molar-refractivity contribution is 5.84. The third-order valence-corrected chi connectivity index (χ3v) is 13.5. The summed E-state index contributed by atoms with van der Waals surface area (Å²) < 4.78 is 30.3. The predicted molar refractivity (Wildman–Crippen MR) is 268 cm³/mol. The van der Waals surface area contributed by atoms with Gasteiger partial charge in [-0.25, -0.2) is 4.39 Å². The highest BCUT2D eigenvalue weighted by Gasteiger charge is 2.37. The molecule has 4 bridgehead atoms. The first-order chi connectivity index (χ1) is 32.2. The topological polar surface area (TPSA) is 24.9 Å². The van der Waals surface area contributed by atoms with E-state index in [4.69, 9.17) is 9.47 Å². The van der Waals surface area contributed by atoms with E-state index in [0.29, 0.717) is 36.4 Å². The van der Waals surface area contributed by atoms with Gasteiger partial charge in [-0.05, 0) is 117 Å². The van der Waals surface area contributed by atoms with Crippen molar-refractivity contribution in [1.29, 1.82) is 0 Å². The van der Waals surface area contributed by atoms with Crippen LogP contribution in [0.2, 0.25) is 0 Å². The van der Waals surface area contributed by atoms with Gasteiger partial charge < -0.3 is 19.3 Å². The minimum absolute atomic E-state index is 0.155. The number of rotatable bonds is 8. The molecule has 0 aromatic heterocycles. The number of hydrogen-bond donors (Lipinski definition) is 0. The maximum Gasteiger partial charge on any atom is 0.147 e. The van der Waals surface area contributed by atoms with Crippen molar-refractivity contribution in [2.75, 3.05) is 9.80 Å². The molecule has 3 aliphatic carbocycles. The molecular formula is C61H49FN2O2. The summed E-state index contributed by atoms with van der Waals surface area (Å²) in [5, 5.41) is 0. The van der Waals surface area contributed by atoms with Gasteiger partial charge in [0.25, 0.3) is 0 Å². The number of nitrogens with zero attached hydrogens (tertiary/aromatic N) is 2. The van der Waals surface area contributed by atoms with E-state index in [1.54, 1.807) is 6.07 Å². The van der Waals surface area contributed by atoms with Crippen molar-refractivity contribution in [1.82, 2.24) is 0 Å². The lowest BCUT2D eigenvalue weighted by atomic mass is 9.82. The van der Waals surface area contributed by atoms with Crippen molar-refractivity contribution >= 4 is 22.7 Å². The second-order valence-electron chi connectivity index (χ2n) is 17.9. The molecule has 5 heteroatoms. The van der Waals surface area contributed by atoms with E-state index in [1.165, 1.54) is 33.4 Å². The first-order valence-corrected chi connectivity index (χ1v) is 22.6. The van der Waals surface area contributed by atoms with Crippen molar-refractivity contribution in [2.24, 2.45) is 0 Å². The monoisotopic (exact) mass is 860 g/mol. The third kappa shape index (κ3) is 7.37. The van der Waals surface area contributed by atoms with Crippen LogP contribution in [0.3, 0.4) is 0 Å². The fourth-order valence-electron chi connectivity index (χ4n) is 10.1. The van der Waals surface area contributed by atoms with Crippen LogP contribution >= 0.6 is 0 Å². The van der Waals surface area contributed by atoms with Gasteiger partial charge in [0.15, 0.2) is 0 Å². The van der Waals surface area contributed by atoms with E-state index in [0.717, 1.165) is 56.6 Å². The van der Waals surface area contributed by atoms with Gasteiger partial charge in [0.05, 0.1) is 5.69 Å². The minimum atomic E-state index is -0.361. The molecule has 2 saturated heterocycles. The Bertz CT molecular complexity index is 3140. The van der Waals surface area contributed by atoms with Crippen LogP contribution in [-0.4, -0.2) is 6.10 Å². The summed E-state index contributed by atoms with van der Waals surface area (Å²) in [5.74, 6) is 1.88. The van der Waals surface area contributed by atoms with Gasteiger partial charge in [-0.1, -0.05) is 148 Å². The van der Waals surface area contributed by atoms with Gasteiger partial charge in [0.1, 0.15) is 29.2 Å². The van der Waals surface area contributed by atoms with E-state index >= 15 is 4.39 Å². The first kappa shape index (κ1) is 40.9. The molecule has 0 N–H and O–H groups in total. The van der Waals surface area contributed by atoms with Gasteiger partial charge in [-0.3, -0.25) is 0 Å². The molecule has 1 unspecified atom stereocenters. The molecule has 2 aliphatic heterocycles. The van der Waals surface area contributed by atoms with Crippen molar-refractivity contribution < 1.29 is 13.9 Å². The van der Waals surface area contributed by atoms with Gasteiger partial charge in [0.2, 0.25) is 0 Å². The quantitative estimate of drug-likeness (QED) is 0.152. The Balaban J connectivity index is 0.949. The smallest absolute Gasteiger partial charge is 0.147 e. The number of hydrogen-bond acceptors (Lipinski definition) is 4. The summed E-state index contributed by atoms with van der Waals surface area (Å²) in [7, 11) is 0. The van der Waals surface area contributed by atoms with Gasteiger partial charge in [0, 0.05) is 64.8 Å². The van der Waals surface area contributed by atoms with E-state index in [1.807, 2.05) is 65.6 Å². The Morgan fingerprint density at radius 1 is 0.636 bits per heavy atom. The van der Waals surface area contributed by atoms with Crippen molar-refractivity contribution in [2.45, 2.75) is 44.6 Å². The second kappa shape index (κ2) is 16.6. The summed E-state index contributed by atoms with van der Waals surface area (Å²) in [6, 6.07) is 51.2. The lowest BCUT2D eigenvalue weighted by molar-refractivity contribution is 0.127. The Hall–Kier alpha value is -7.89. The lowest BCUT2D eigenvalue weighted by Crippen LogP contribution is -2.29. The highest BCUT2D eigenvalue weighted by atomic mass is 19.1. The summed E-state index contributed by atoms with van der Waals surface area (Å²) in [4.78, 5) is 4.21. The van der Waals surface area contributed by atoms with Crippen molar-refractivity contribution in [3.8, 4) is 22.3 Å². The van der Waals surface area contributed by atoms with E-state index in [2.05, 4.69) is 159 Å². The normalized spacial score (nSPS) is 21.5. The Labute approximate surface area is 387 Å². The molecule has 0 spiro atoms. The van der Waals surface area contributed by atoms with E-state index < -0.39 is 0 Å². The number of fused-ring (bicyclic) bond motifs is 9. The average Bonchev–Trinajstić information content (AvgIpc) is 3.57. The van der Waals surface area contributed by atoms with Gasteiger partial charge >= 0.3 is 0 Å². The molecule has 0 saturated carbocycles. The molecule has 1 atom stereocenters. The fraction of sp³-hybridized carbons (Fsp3) is 0.115. The molecule has 11 rings (SSSR count). The number of anilines is 4. The second-order valence-corrected chi connectivity index (χ2v) is 17.9. The van der Waals surface area contributed by atoms with E-state index in [-0.39, 0.29) is 17.3 Å². The molecule has 66 heavy (non-hydrogen) atoms. The van der Waals surface area contributed by atoms with E-state index in [9.17, 15) is 0 Å². The van der Waals surface area contributed by atoms with Crippen LogP contribution in [0.25, 0.3) is 22.3 Å². The van der Waals surface area contributed by atoms with Gasteiger partial charge in [-0.15, -0.1) is 0 Å². The SMILES string of the molecule is C=C1/C2=C/C=C3\C/C(=C\C=C(/C2)O/C1=C/C(=C)N(c1ccc2c(c1)C(C)(C)c1ccccc1-2)c1ccc(-c2ccccc2)cc1F)C1=CC=C(N(c2ccccc2)c2ccccc2)CC1O3. The number of benzene rings is 6. The van der Waals surface area contributed by atoms with Crippen LogP contribution in [-0.2, 0) is 14.9 Å². The minimum Gasteiger partial charge on any atom is -0.489 e. The summed E-state index contributed by atoms with van der Waals surface area (Å²) >= 11 is 0. The van der Waals surface area contributed by atoms with Crippen LogP contribution in [0.5, 0.6) is 0 Å². The van der Waals surface area contributed by atoms with Crippen molar-refractivity contribution in [3.05, 3.63) is 275 Å². The van der Waals surface area contributed by atoms with Crippen LogP contribution in [0.1, 0.15) is 44.2 Å². The maximum atomic E-state index is 16.7. The molecule has 2 fully saturated rings. The fourth-order valence-corrected chi connectivity index (χ4v) is 10.1. The average molecular weight is 861 g/mol. The zero-order chi connectivity index (χ0) is 44.9. The predicted octanol–water partition coefficient (Wildman–Crippen LogP) is 15.8. The lowest BCUT2D eigenvalue weighted by Gasteiger charge is -2.37. The molecule has 4 nitrogen and oxygen atoms in total. The Morgan fingerprint density at radius 3 is 2.03 bits per heavy atom. The number of halogens is 1. The largest absolute Gasteiger partial charge is 0.489 e. The number of ether oxygens (including phenoxy) is 2.